The van der Waals surface area contributed by atoms with Crippen LogP contribution < -0.4 is 37.6 Å². The van der Waals surface area contributed by atoms with Crippen LogP contribution in [-0.4, -0.2) is 87.8 Å². The third kappa shape index (κ3) is 22.1. The van der Waals surface area contributed by atoms with E-state index < -0.39 is 19.1 Å². The van der Waals surface area contributed by atoms with E-state index in [1.54, 1.807) is 49.2 Å². The third-order valence-electron chi connectivity index (χ3n) is 13.8. The van der Waals surface area contributed by atoms with Crippen molar-refractivity contribution >= 4 is 231 Å². The minimum atomic E-state index is -3.88. The van der Waals surface area contributed by atoms with E-state index in [1.165, 1.54) is 103 Å². The molecule has 8 N–H and O–H groups in total. The summed E-state index contributed by atoms with van der Waals surface area (Å²) in [4.78, 5) is 62.4. The summed E-state index contributed by atoms with van der Waals surface area (Å²) < 4.78 is 65.0. The number of nitrogen functional groups attached to an aromatic ring is 2. The molecule has 22 nitrogen and oxygen atoms in total. The molecule has 0 aliphatic carbocycles. The number of rotatable bonds is 10. The lowest BCUT2D eigenvalue weighted by molar-refractivity contribution is -0.115. The number of fused-ring (bicyclic) bond motifs is 3. The van der Waals surface area contributed by atoms with E-state index >= 15 is 0 Å². The van der Waals surface area contributed by atoms with Gasteiger partial charge in [0.2, 0.25) is 17.7 Å². The van der Waals surface area contributed by atoms with E-state index in [-0.39, 0.29) is 56.7 Å². The highest BCUT2D eigenvalue weighted by Crippen LogP contribution is 2.38. The van der Waals surface area contributed by atoms with Gasteiger partial charge in [0, 0.05) is 88.1 Å². The second kappa shape index (κ2) is 34.3. The van der Waals surface area contributed by atoms with Gasteiger partial charge in [-0.25, -0.2) is 46.7 Å². The number of anilines is 6. The maximum absolute atomic E-state index is 12.7. The van der Waals surface area contributed by atoms with Gasteiger partial charge < -0.3 is 36.7 Å². The van der Waals surface area contributed by atoms with Gasteiger partial charge in [0.25, 0.3) is 19.1 Å². The molecule has 518 valence electrons. The fourth-order valence-electron chi connectivity index (χ4n) is 8.35. The number of carbonyl (C=O) groups excluding carboxylic acids is 3. The van der Waals surface area contributed by atoms with Crippen LogP contribution in [0.3, 0.4) is 0 Å². The zero-order valence-corrected chi connectivity index (χ0v) is 63.6. The molecule has 0 radical (unpaired) electrons. The number of nitrogens with zero attached hydrogens (tertiary/aromatic N) is 7. The van der Waals surface area contributed by atoms with Gasteiger partial charge in [0.05, 0.1) is 68.7 Å². The fraction of sp³-hybridized carbons (Fsp3) is 0.138. The first kappa shape index (κ1) is 78.0. The molecular weight excluding hydrogens is 1570 g/mol. The van der Waals surface area contributed by atoms with Gasteiger partial charge >= 0.3 is 7.12 Å². The molecule has 35 heteroatoms. The second-order valence-corrected chi connectivity index (χ2v) is 32.2. The van der Waals surface area contributed by atoms with Crippen LogP contribution in [0.1, 0.15) is 48.5 Å². The van der Waals surface area contributed by atoms with Gasteiger partial charge in [0.15, 0.2) is 30.9 Å². The smallest absolute Gasteiger partial charge is 0.399 e. The quantitative estimate of drug-likeness (QED) is 0.0421. The molecule has 3 amide bonds. The van der Waals surface area contributed by atoms with Crippen molar-refractivity contribution < 1.29 is 40.5 Å². The number of nitrogens with two attached hydrogens (primary N) is 2. The molecule has 0 atom stereocenters. The maximum atomic E-state index is 12.7. The number of sulfonamides is 1. The summed E-state index contributed by atoms with van der Waals surface area (Å²) in [5.41, 5.74) is 18.2. The number of benzene rings is 5. The highest BCUT2D eigenvalue weighted by molar-refractivity contribution is 9.10. The molecule has 0 spiro atoms. The summed E-state index contributed by atoms with van der Waals surface area (Å²) in [5.74, 6) is -0.451. The molecule has 12 aromatic rings. The highest BCUT2D eigenvalue weighted by atomic mass is 79.9. The number of thiazole rings is 3. The second-order valence-electron chi connectivity index (χ2n) is 22.0. The third-order valence-corrected chi connectivity index (χ3v) is 21.2. The van der Waals surface area contributed by atoms with E-state index in [0.717, 1.165) is 57.3 Å². The predicted octanol–water partition coefficient (Wildman–Crippen LogP) is 17.0. The van der Waals surface area contributed by atoms with Crippen molar-refractivity contribution in [2.24, 2.45) is 0 Å². The van der Waals surface area contributed by atoms with Crippen molar-refractivity contribution in [3.8, 4) is 22.3 Å². The van der Waals surface area contributed by atoms with E-state index in [2.05, 4.69) is 71.5 Å². The topological polar surface area (TPSA) is 328 Å². The zero-order valence-electron chi connectivity index (χ0n) is 53.4. The fourth-order valence-corrected chi connectivity index (χ4v) is 14.1. The Balaban J connectivity index is 0.000000164. The summed E-state index contributed by atoms with van der Waals surface area (Å²) in [6.07, 6.45) is 8.33. The van der Waals surface area contributed by atoms with Crippen molar-refractivity contribution in [2.75, 3.05) is 32.1 Å². The Kier molecular flexibility index (Phi) is 26.8. The van der Waals surface area contributed by atoms with E-state index in [1.807, 2.05) is 100 Å². The van der Waals surface area contributed by atoms with Gasteiger partial charge in [-0.1, -0.05) is 116 Å². The molecule has 1 aliphatic rings. The Morgan fingerprint density at radius 2 is 0.920 bits per heavy atom. The van der Waals surface area contributed by atoms with Crippen LogP contribution in [0.5, 0.6) is 0 Å². The van der Waals surface area contributed by atoms with Gasteiger partial charge in [-0.05, 0) is 175 Å². The summed E-state index contributed by atoms with van der Waals surface area (Å²) in [5, 5.41) is 11.3. The van der Waals surface area contributed by atoms with Crippen LogP contribution in [0.2, 0.25) is 25.5 Å². The Labute approximate surface area is 625 Å². The van der Waals surface area contributed by atoms with Gasteiger partial charge in [0.1, 0.15) is 0 Å². The SMILES string of the molecule is CC(=O)Nc1nc2ccc(-c3cnc(Cl)c(N)c3)cc2s1.CC(=O)Nc1nc2ccc(-c3cnc(Cl)c(NS(=O)(=O)c4ccc(Cl)cc4)c3)cc2s1.CC(=O)Nc1nc2ccc(B3OC(C)(C)C(C)(C)O3)cc2s1.Nc1cc(Br)cnc1Cl.O=S(=O)(Cl)c1ccc(Cl)cc1.c1ccncc1. The van der Waals surface area contributed by atoms with Crippen molar-refractivity contribution in [3.05, 3.63) is 200 Å². The number of hydrogen-bond acceptors (Lipinski definition) is 21. The molecule has 100 heavy (non-hydrogen) atoms. The predicted molar refractivity (Wildman–Crippen MR) is 411 cm³/mol. The first-order chi connectivity index (χ1) is 47.1. The maximum Gasteiger partial charge on any atom is 0.494 e. The van der Waals surface area contributed by atoms with Crippen molar-refractivity contribution in [1.29, 1.82) is 0 Å². The molecule has 0 saturated carbocycles. The number of aromatic nitrogens is 7. The van der Waals surface area contributed by atoms with Gasteiger partial charge in [-0.15, -0.1) is 0 Å². The molecule has 7 aromatic heterocycles. The normalized spacial score (nSPS) is 12.7. The molecule has 0 bridgehead atoms. The molecular formula is C65H57BBrCl6N13O9S5. The molecule has 5 aromatic carbocycles. The van der Waals surface area contributed by atoms with Crippen LogP contribution in [-0.2, 0) is 42.8 Å². The van der Waals surface area contributed by atoms with Crippen LogP contribution in [0.15, 0.2) is 185 Å². The average molecular weight is 1630 g/mol. The van der Waals surface area contributed by atoms with Gasteiger partial charge in [-0.3, -0.25) is 24.1 Å². The van der Waals surface area contributed by atoms with Crippen LogP contribution >= 0.6 is 119 Å². The minimum Gasteiger partial charge on any atom is -0.399 e. The first-order valence-corrected chi connectivity index (χ1v) is 37.9. The monoisotopic (exact) mass is 1620 g/mol. The number of hydrogen-bond donors (Lipinski definition) is 6. The van der Waals surface area contributed by atoms with Crippen molar-refractivity contribution in [2.45, 2.75) is 69.5 Å². The molecule has 0 unspecified atom stereocenters. The van der Waals surface area contributed by atoms with Gasteiger partial charge in [-0.2, -0.15) is 0 Å². The average Bonchev–Trinajstić information content (AvgIpc) is 1.60. The van der Waals surface area contributed by atoms with E-state index in [4.69, 9.17) is 89.5 Å². The number of halogens is 7. The Morgan fingerprint density at radius 1 is 0.510 bits per heavy atom. The van der Waals surface area contributed by atoms with Crippen molar-refractivity contribution in [1.82, 2.24) is 34.9 Å². The number of carbonyl (C=O) groups is 3. The first-order valence-electron chi connectivity index (χ1n) is 29.0. The molecule has 8 heterocycles. The standard InChI is InChI=1S/C20H14Cl2N4O3S2.C15H19BN2O3S.C14H11ClN4OS.C6H4Cl2O2S.C5H4BrClN2.C5H5N/c1-11(27)24-20-25-16-7-2-12(9-18(16)30-20)13-8-17(19(22)23-10-13)26-31(28,29)15-5-3-14(21)4-6-15;1-9(19)17-13-18-11-7-6-10(8-12(11)22-13)16-20-14(2,3)15(4,5)21-16;1-7(20)18-14-19-11-3-2-8(5-12(11)21-14)9-4-10(16)13(15)17-6-9;7-5-1-3-6(4-2-5)11(8,9)10;6-3-1-4(8)5(7)9-2-3;1-2-4-6-5-3-1/h2-10,26H,1H3,(H,24,25,27);6-8H,1-5H3,(H,17,18,19);2-6H,16H2,1H3,(H,18,19,20);1-4H;1-2H,8H2;1-5H. The van der Waals surface area contributed by atoms with E-state index in [9.17, 15) is 31.2 Å². The zero-order chi connectivity index (χ0) is 72.9. The van der Waals surface area contributed by atoms with Crippen LogP contribution in [0.25, 0.3) is 52.9 Å². The lowest BCUT2D eigenvalue weighted by atomic mass is 9.79. The largest absolute Gasteiger partial charge is 0.494 e. The molecule has 1 saturated heterocycles. The number of pyridine rings is 4. The molecule has 1 aliphatic heterocycles. The van der Waals surface area contributed by atoms with E-state index in [0.29, 0.717) is 52.7 Å². The Hall–Kier alpha value is -7.72. The lowest BCUT2D eigenvalue weighted by Gasteiger charge is -2.32. The number of nitrogens with one attached hydrogen (secondary N) is 4. The van der Waals surface area contributed by atoms with Crippen LogP contribution in [0, 0.1) is 0 Å². The summed E-state index contributed by atoms with van der Waals surface area (Å²) >= 11 is 36.3. The summed E-state index contributed by atoms with van der Waals surface area (Å²) in [7, 11) is -2.83. The summed E-state index contributed by atoms with van der Waals surface area (Å²) in [6, 6.07) is 39.5. The molecule has 1 fully saturated rings. The highest BCUT2D eigenvalue weighted by Gasteiger charge is 2.51. The lowest BCUT2D eigenvalue weighted by Crippen LogP contribution is -2.41. The van der Waals surface area contributed by atoms with Crippen LogP contribution in [0.4, 0.5) is 32.5 Å². The minimum absolute atomic E-state index is 0.0214. The number of amides is 3. The Morgan fingerprint density at radius 3 is 1.32 bits per heavy atom. The van der Waals surface area contributed by atoms with Crippen molar-refractivity contribution in [3.63, 3.8) is 0 Å². The Bertz CT molecular complexity index is 5130. The molecule has 13 rings (SSSR count). The summed E-state index contributed by atoms with van der Waals surface area (Å²) in [6.45, 7) is 12.5.